The van der Waals surface area contributed by atoms with Crippen LogP contribution in [0.3, 0.4) is 0 Å². The van der Waals surface area contributed by atoms with E-state index in [1.165, 1.54) is 0 Å². The fourth-order valence-corrected chi connectivity index (χ4v) is 12.4. The molecule has 62 heavy (non-hydrogen) atoms. The van der Waals surface area contributed by atoms with Crippen LogP contribution >= 0.6 is 0 Å². The Labute approximate surface area is 364 Å². The average Bonchev–Trinajstić information content (AvgIpc) is 3.98. The van der Waals surface area contributed by atoms with Crippen molar-refractivity contribution < 1.29 is 88.8 Å². The molecule has 9 aliphatic heterocycles. The molecule has 352 valence electrons. The van der Waals surface area contributed by atoms with Gasteiger partial charge in [-0.2, -0.15) is 0 Å². The van der Waals surface area contributed by atoms with Crippen molar-refractivity contribution in [2.45, 2.75) is 197 Å². The van der Waals surface area contributed by atoms with Crippen molar-refractivity contribution >= 4 is 9.05 Å². The molecule has 0 bridgehead atoms. The zero-order valence-electron chi connectivity index (χ0n) is 38.2. The maximum atomic E-state index is 7.53. The van der Waals surface area contributed by atoms with Gasteiger partial charge in [0.15, 0.2) is 34.7 Å². The van der Waals surface area contributed by atoms with E-state index in [1.807, 2.05) is 72.8 Å². The lowest BCUT2D eigenvalue weighted by Crippen LogP contribution is -2.73. The first kappa shape index (κ1) is 46.1. The van der Waals surface area contributed by atoms with Crippen molar-refractivity contribution in [1.29, 1.82) is 0 Å². The largest absolute Gasteiger partial charge is 0.681 e. The lowest BCUT2D eigenvalue weighted by Gasteiger charge is -2.51. The molecule has 0 N–H and O–H groups in total. The number of ether oxygens (including phenoxy) is 15. The van der Waals surface area contributed by atoms with E-state index in [2.05, 4.69) is 0 Å². The summed E-state index contributed by atoms with van der Waals surface area (Å²) in [6, 6.07) is 0. The Hall–Kier alpha value is -1.06. The Morgan fingerprint density at radius 3 is 1.08 bits per heavy atom. The molecule has 3 spiro atoms. The third-order valence-electron chi connectivity index (χ3n) is 12.1. The molecule has 9 heterocycles. The minimum Gasteiger partial charge on any atom is -0.347 e. The molecule has 0 unspecified atom stereocenters. The minimum absolute atomic E-state index is 0.0434. The molecule has 0 amide bonds. The molecule has 9 saturated heterocycles. The second-order valence-electron chi connectivity index (χ2n) is 20.0. The Balaban J connectivity index is 1.22. The molecule has 9 rings (SSSR count). The maximum absolute atomic E-state index is 7.53. The summed E-state index contributed by atoms with van der Waals surface area (Å²) in [4.78, 5) is 0. The van der Waals surface area contributed by atoms with Gasteiger partial charge in [0.25, 0.3) is 0 Å². The molecule has 12 atom stereocenters. The van der Waals surface area contributed by atoms with E-state index >= 15 is 0 Å². The van der Waals surface area contributed by atoms with E-state index in [4.69, 9.17) is 88.8 Å². The highest BCUT2D eigenvalue weighted by molar-refractivity contribution is 6.53. The molecule has 0 aromatic rings. The number of allylic oxidation sites excluding steroid dienone is 3. The van der Waals surface area contributed by atoms with E-state index in [0.717, 1.165) is 0 Å². The SMILES string of the molecule is C/C=C/C=C/CO[Si](O[C@H]1[C@@H]2OC(C)(C)O[C@@H]2CO[C@]12COC(C)(C)O2)(O[C@H]1[C@@H]2OC(C)(C)O[C@@H]2CO[C@]12COC(C)(C)O2)O[C@H]1[C@@H]2OC(C)(C)O[C@@H]2CO[C@]12COC(C)(C)O2. The van der Waals surface area contributed by atoms with Crippen LogP contribution in [-0.2, 0) is 88.8 Å². The molecular formula is C42H66O19Si. The van der Waals surface area contributed by atoms with Crippen LogP contribution in [0.25, 0.3) is 0 Å². The van der Waals surface area contributed by atoms with E-state index in [9.17, 15) is 0 Å². The monoisotopic (exact) mass is 902 g/mol. The Bertz CT molecular complexity index is 1560. The second kappa shape index (κ2) is 15.5. The predicted octanol–water partition coefficient (Wildman–Crippen LogP) is 3.82. The fraction of sp³-hybridized carbons (Fsp3) is 0.905. The lowest BCUT2D eigenvalue weighted by molar-refractivity contribution is -0.356. The summed E-state index contributed by atoms with van der Waals surface area (Å²) in [5.41, 5.74) is 0. The first-order chi connectivity index (χ1) is 28.8. The molecular weight excluding hydrogens is 837 g/mol. The van der Waals surface area contributed by atoms with Gasteiger partial charge in [-0.1, -0.05) is 24.3 Å². The van der Waals surface area contributed by atoms with Gasteiger partial charge in [0.1, 0.15) is 74.8 Å². The molecule has 0 saturated carbocycles. The molecule has 19 nitrogen and oxygen atoms in total. The standard InChI is InChI=1S/C42H66O19Si/c1-14-15-16-17-18-49-62(56-31-28-25(50-37(8,9)53-28)19-43-40(31)22-46-34(2,3)59-40,57-32-29-26(51-38(10,11)54-29)20-44-41(32)23-47-35(4,5)60-41)58-33-30-27(52-39(12,13)55-30)21-45-42(33)24-48-36(6,7)61-42/h14-17,25-33H,18-24H2,1-13H3/b15-14+,17-16+/t25-,26-,27-,28-,29-,30-,31+,32+,33+,40+,41+,42+/m1/s1. The van der Waals surface area contributed by atoms with Crippen molar-refractivity contribution in [3.8, 4) is 0 Å². The fourth-order valence-electron chi connectivity index (χ4n) is 9.81. The normalized spacial score (nSPS) is 45.8. The van der Waals surface area contributed by atoms with Gasteiger partial charge in [0, 0.05) is 0 Å². The number of hydrogen-bond acceptors (Lipinski definition) is 19. The highest BCUT2D eigenvalue weighted by Gasteiger charge is 2.74. The summed E-state index contributed by atoms with van der Waals surface area (Å²) >= 11 is 0. The third kappa shape index (κ3) is 8.68. The van der Waals surface area contributed by atoms with E-state index in [-0.39, 0.29) is 46.2 Å². The molecule has 0 aromatic heterocycles. The van der Waals surface area contributed by atoms with Gasteiger partial charge >= 0.3 is 9.05 Å². The smallest absolute Gasteiger partial charge is 0.347 e. The van der Waals surface area contributed by atoms with Gasteiger partial charge in [-0.05, 0) is 90.0 Å². The van der Waals surface area contributed by atoms with Crippen molar-refractivity contribution in [2.75, 3.05) is 46.2 Å². The van der Waals surface area contributed by atoms with E-state index in [0.29, 0.717) is 0 Å². The van der Waals surface area contributed by atoms with Gasteiger partial charge in [-0.3, -0.25) is 0 Å². The maximum Gasteiger partial charge on any atom is 0.681 e. The quantitative estimate of drug-likeness (QED) is 0.228. The summed E-state index contributed by atoms with van der Waals surface area (Å²) in [7, 11) is -4.99. The van der Waals surface area contributed by atoms with Crippen molar-refractivity contribution in [3.63, 3.8) is 0 Å². The first-order valence-electron chi connectivity index (χ1n) is 21.8. The molecule has 20 heteroatoms. The molecule has 9 fully saturated rings. The minimum atomic E-state index is -4.99. The first-order valence-corrected chi connectivity index (χ1v) is 23.4. The summed E-state index contributed by atoms with van der Waals surface area (Å²) in [6.45, 7) is 23.8. The van der Waals surface area contributed by atoms with Crippen molar-refractivity contribution in [3.05, 3.63) is 24.3 Å². The Kier molecular flexibility index (Phi) is 11.5. The van der Waals surface area contributed by atoms with Crippen LogP contribution in [0.5, 0.6) is 0 Å². The second-order valence-corrected chi connectivity index (χ2v) is 22.0. The topological polar surface area (TPSA) is 175 Å². The van der Waals surface area contributed by atoms with Crippen LogP contribution in [0.1, 0.15) is 90.0 Å². The van der Waals surface area contributed by atoms with Crippen LogP contribution in [0, 0.1) is 0 Å². The van der Waals surface area contributed by atoms with Crippen LogP contribution in [0.15, 0.2) is 24.3 Å². The van der Waals surface area contributed by atoms with Gasteiger partial charge in [-0.15, -0.1) is 0 Å². The summed E-state index contributed by atoms with van der Waals surface area (Å²) < 4.78 is 127. The number of rotatable bonds is 10. The highest BCUT2D eigenvalue weighted by Crippen LogP contribution is 2.52. The van der Waals surface area contributed by atoms with Crippen LogP contribution < -0.4 is 0 Å². The zero-order valence-corrected chi connectivity index (χ0v) is 39.2. The predicted molar refractivity (Wildman–Crippen MR) is 211 cm³/mol. The van der Waals surface area contributed by atoms with Gasteiger partial charge < -0.3 is 88.8 Å². The molecule has 0 radical (unpaired) electrons. The van der Waals surface area contributed by atoms with Crippen molar-refractivity contribution in [2.24, 2.45) is 0 Å². The molecule has 9 aliphatic rings. The summed E-state index contributed by atoms with van der Waals surface area (Å²) in [5, 5.41) is 0. The molecule has 0 aliphatic carbocycles. The lowest BCUT2D eigenvalue weighted by atomic mass is 9.97. The Morgan fingerprint density at radius 2 is 0.790 bits per heavy atom. The number of hydrogen-bond donors (Lipinski definition) is 0. The van der Waals surface area contributed by atoms with E-state index < -0.39 is 116 Å². The van der Waals surface area contributed by atoms with Crippen LogP contribution in [-0.4, -0.2) is 162 Å². The van der Waals surface area contributed by atoms with Crippen LogP contribution in [0.2, 0.25) is 0 Å². The van der Waals surface area contributed by atoms with Crippen molar-refractivity contribution in [1.82, 2.24) is 0 Å². The molecule has 0 aromatic carbocycles. The van der Waals surface area contributed by atoms with Gasteiger partial charge in [0.05, 0.1) is 26.4 Å². The van der Waals surface area contributed by atoms with Gasteiger partial charge in [0.2, 0.25) is 17.4 Å². The summed E-state index contributed by atoms with van der Waals surface area (Å²) in [5.74, 6) is -11.1. The van der Waals surface area contributed by atoms with Gasteiger partial charge in [-0.25, -0.2) is 0 Å². The zero-order chi connectivity index (χ0) is 44.4. The van der Waals surface area contributed by atoms with E-state index in [1.54, 1.807) is 41.5 Å². The average molecular weight is 903 g/mol. The number of fused-ring (bicyclic) bond motifs is 3. The Morgan fingerprint density at radius 1 is 0.452 bits per heavy atom. The summed E-state index contributed by atoms with van der Waals surface area (Å²) in [6.07, 6.45) is -0.327. The highest BCUT2D eigenvalue weighted by atomic mass is 28.4. The van der Waals surface area contributed by atoms with Crippen LogP contribution in [0.4, 0.5) is 0 Å². The third-order valence-corrected chi connectivity index (χ3v) is 14.2.